The molecular weight excluding hydrogens is 312 g/mol. The zero-order valence-electron chi connectivity index (χ0n) is 13.9. The Labute approximate surface area is 141 Å². The second kappa shape index (κ2) is 8.72. The van der Waals surface area contributed by atoms with Crippen molar-refractivity contribution in [2.24, 2.45) is 0 Å². The van der Waals surface area contributed by atoms with Crippen LogP contribution in [0.25, 0.3) is 0 Å². The number of fused-ring (bicyclic) bond motifs is 2. The molecule has 1 aliphatic rings. The smallest absolute Gasteiger partial charge is 0.317 e. The van der Waals surface area contributed by atoms with Gasteiger partial charge in [0.1, 0.15) is 0 Å². The first-order chi connectivity index (χ1) is 11.4. The molecule has 0 amide bonds. The molecule has 0 saturated carbocycles. The fraction of sp³-hybridized carbons (Fsp3) is 0.562. The Morgan fingerprint density at radius 3 is 2.17 bits per heavy atom. The molecule has 132 valence electrons. The molecule has 2 rings (SSSR count). The van der Waals surface area contributed by atoms with Crippen molar-refractivity contribution in [3.63, 3.8) is 0 Å². The molecule has 0 aromatic carbocycles. The highest BCUT2D eigenvalue weighted by molar-refractivity contribution is 5.69. The summed E-state index contributed by atoms with van der Waals surface area (Å²) in [5, 5.41) is 18.2. The maximum atomic E-state index is 11.1. The lowest BCUT2D eigenvalue weighted by molar-refractivity contribution is -0.140. The number of nitrogens with zero attached hydrogens (tertiary/aromatic N) is 4. The summed E-state index contributed by atoms with van der Waals surface area (Å²) in [6.07, 6.45) is 0. The van der Waals surface area contributed by atoms with Gasteiger partial charge in [0.05, 0.1) is 24.5 Å². The number of hydrogen-bond acceptors (Lipinski definition) is 6. The molecule has 1 aromatic rings. The van der Waals surface area contributed by atoms with Crippen molar-refractivity contribution in [3.05, 3.63) is 29.6 Å². The zero-order valence-corrected chi connectivity index (χ0v) is 13.9. The number of carboxylic acids is 2. The Balaban J connectivity index is 2.17. The van der Waals surface area contributed by atoms with Gasteiger partial charge in [-0.25, -0.2) is 0 Å². The Morgan fingerprint density at radius 1 is 0.958 bits per heavy atom. The summed E-state index contributed by atoms with van der Waals surface area (Å²) in [6, 6.07) is 5.77. The summed E-state index contributed by atoms with van der Waals surface area (Å²) in [5.41, 5.74) is 1.75. The van der Waals surface area contributed by atoms with Crippen LogP contribution in [0.1, 0.15) is 11.4 Å². The average molecular weight is 336 g/mol. The minimum atomic E-state index is -0.900. The Kier molecular flexibility index (Phi) is 6.65. The summed E-state index contributed by atoms with van der Waals surface area (Å²) >= 11 is 0. The SMILES string of the molecule is CN1CCN(CC(=O)O)CCN(CC(=O)O)Cc2cccc(n2)C1. The van der Waals surface area contributed by atoms with Crippen LogP contribution in [0.4, 0.5) is 0 Å². The van der Waals surface area contributed by atoms with Gasteiger partial charge in [-0.3, -0.25) is 29.3 Å². The molecule has 8 heteroatoms. The fourth-order valence-corrected chi connectivity index (χ4v) is 2.75. The molecule has 2 heterocycles. The van der Waals surface area contributed by atoms with Crippen LogP contribution >= 0.6 is 0 Å². The highest BCUT2D eigenvalue weighted by atomic mass is 16.4. The summed E-state index contributed by atoms with van der Waals surface area (Å²) in [4.78, 5) is 32.5. The van der Waals surface area contributed by atoms with Gasteiger partial charge < -0.3 is 10.2 Å². The van der Waals surface area contributed by atoms with Gasteiger partial charge >= 0.3 is 11.9 Å². The lowest BCUT2D eigenvalue weighted by Gasteiger charge is -2.28. The van der Waals surface area contributed by atoms with E-state index in [4.69, 9.17) is 10.2 Å². The van der Waals surface area contributed by atoms with Crippen molar-refractivity contribution in [2.45, 2.75) is 13.1 Å². The number of aromatic nitrogens is 1. The standard InChI is InChI=1S/C16H24N4O4/c1-18-5-6-19(11-15(21)22)7-8-20(12-16(23)24)10-14-4-2-3-13(9-18)17-14/h2-4H,5-12H2,1H3,(H,21,22)(H,23,24). The molecule has 0 radical (unpaired) electrons. The molecule has 0 fully saturated rings. The molecule has 0 unspecified atom stereocenters. The third-order valence-electron chi connectivity index (χ3n) is 3.93. The predicted octanol–water partition coefficient (Wildman–Crippen LogP) is -0.200. The predicted molar refractivity (Wildman–Crippen MR) is 87.6 cm³/mol. The van der Waals surface area contributed by atoms with Crippen molar-refractivity contribution in [2.75, 3.05) is 46.3 Å². The van der Waals surface area contributed by atoms with E-state index in [0.717, 1.165) is 17.9 Å². The van der Waals surface area contributed by atoms with Gasteiger partial charge in [-0.15, -0.1) is 0 Å². The van der Waals surface area contributed by atoms with E-state index in [0.29, 0.717) is 32.7 Å². The maximum absolute atomic E-state index is 11.1. The molecule has 2 bridgehead atoms. The van der Waals surface area contributed by atoms with Gasteiger partial charge in [-0.05, 0) is 19.2 Å². The van der Waals surface area contributed by atoms with E-state index in [1.54, 1.807) is 4.90 Å². The van der Waals surface area contributed by atoms with Crippen LogP contribution in [0.5, 0.6) is 0 Å². The van der Waals surface area contributed by atoms with Crippen molar-refractivity contribution in [1.82, 2.24) is 19.7 Å². The monoisotopic (exact) mass is 336 g/mol. The number of hydrogen-bond donors (Lipinski definition) is 2. The Hall–Kier alpha value is -2.03. The summed E-state index contributed by atoms with van der Waals surface area (Å²) in [6.45, 7) is 3.30. The fourth-order valence-electron chi connectivity index (χ4n) is 2.75. The first kappa shape index (κ1) is 18.3. The number of likely N-dealkylation sites (N-methyl/N-ethyl adjacent to an activating group) is 1. The van der Waals surface area contributed by atoms with Crippen molar-refractivity contribution >= 4 is 11.9 Å². The minimum Gasteiger partial charge on any atom is -0.480 e. The second-order valence-corrected chi connectivity index (χ2v) is 6.13. The molecule has 0 aliphatic carbocycles. The lowest BCUT2D eigenvalue weighted by Crippen LogP contribution is -2.42. The van der Waals surface area contributed by atoms with E-state index in [-0.39, 0.29) is 13.1 Å². The molecular formula is C16H24N4O4. The van der Waals surface area contributed by atoms with E-state index in [9.17, 15) is 9.59 Å². The van der Waals surface area contributed by atoms with Crippen LogP contribution in [0.15, 0.2) is 18.2 Å². The van der Waals surface area contributed by atoms with Crippen LogP contribution in [0.2, 0.25) is 0 Å². The van der Waals surface area contributed by atoms with Crippen LogP contribution in [0, 0.1) is 0 Å². The van der Waals surface area contributed by atoms with Gasteiger partial charge in [-0.2, -0.15) is 0 Å². The first-order valence-corrected chi connectivity index (χ1v) is 7.94. The third kappa shape index (κ3) is 6.23. The molecule has 0 saturated heterocycles. The normalized spacial score (nSPS) is 18.5. The number of carboxylic acid groups (broad SMARTS) is 2. The highest BCUT2D eigenvalue weighted by Crippen LogP contribution is 2.08. The van der Waals surface area contributed by atoms with Gasteiger partial charge in [-0.1, -0.05) is 6.07 Å². The van der Waals surface area contributed by atoms with E-state index in [2.05, 4.69) is 9.88 Å². The van der Waals surface area contributed by atoms with E-state index in [1.165, 1.54) is 0 Å². The summed E-state index contributed by atoms with van der Waals surface area (Å²) in [5.74, 6) is -1.77. The van der Waals surface area contributed by atoms with E-state index >= 15 is 0 Å². The largest absolute Gasteiger partial charge is 0.480 e. The molecule has 1 aromatic heterocycles. The number of carbonyl (C=O) groups is 2. The minimum absolute atomic E-state index is 0.0434. The first-order valence-electron chi connectivity index (χ1n) is 7.94. The third-order valence-corrected chi connectivity index (χ3v) is 3.93. The van der Waals surface area contributed by atoms with Crippen molar-refractivity contribution in [1.29, 1.82) is 0 Å². The van der Waals surface area contributed by atoms with Gasteiger partial charge in [0.2, 0.25) is 0 Å². The van der Waals surface area contributed by atoms with Crippen LogP contribution in [-0.2, 0) is 22.7 Å². The van der Waals surface area contributed by atoms with Crippen molar-refractivity contribution in [3.8, 4) is 0 Å². The molecule has 8 nitrogen and oxygen atoms in total. The number of pyridine rings is 1. The van der Waals surface area contributed by atoms with Gasteiger partial charge in [0, 0.05) is 39.3 Å². The molecule has 0 spiro atoms. The topological polar surface area (TPSA) is 97.2 Å². The molecule has 1 aliphatic heterocycles. The molecule has 24 heavy (non-hydrogen) atoms. The summed E-state index contributed by atoms with van der Waals surface area (Å²) < 4.78 is 0. The average Bonchev–Trinajstić information content (AvgIpc) is 2.48. The van der Waals surface area contributed by atoms with Gasteiger partial charge in [0.15, 0.2) is 0 Å². The van der Waals surface area contributed by atoms with Crippen LogP contribution < -0.4 is 0 Å². The highest BCUT2D eigenvalue weighted by Gasteiger charge is 2.17. The van der Waals surface area contributed by atoms with Crippen molar-refractivity contribution < 1.29 is 19.8 Å². The van der Waals surface area contributed by atoms with E-state index < -0.39 is 11.9 Å². The van der Waals surface area contributed by atoms with Gasteiger partial charge in [0.25, 0.3) is 0 Å². The quantitative estimate of drug-likeness (QED) is 0.780. The molecule has 2 N–H and O–H groups in total. The number of rotatable bonds is 4. The lowest BCUT2D eigenvalue weighted by atomic mass is 10.2. The second-order valence-electron chi connectivity index (χ2n) is 6.13. The summed E-state index contributed by atoms with van der Waals surface area (Å²) in [7, 11) is 1.98. The molecule has 0 atom stereocenters. The Bertz CT molecular complexity index is 581. The maximum Gasteiger partial charge on any atom is 0.317 e. The van der Waals surface area contributed by atoms with Crippen LogP contribution in [-0.4, -0.2) is 88.2 Å². The number of aliphatic carboxylic acids is 2. The van der Waals surface area contributed by atoms with E-state index in [1.807, 2.05) is 30.1 Å². The zero-order chi connectivity index (χ0) is 17.5. The Morgan fingerprint density at radius 2 is 1.50 bits per heavy atom. The van der Waals surface area contributed by atoms with Crippen LogP contribution in [0.3, 0.4) is 0 Å².